The Kier molecular flexibility index (Phi) is 7.36. The zero-order chi connectivity index (χ0) is 22.4. The highest BCUT2D eigenvalue weighted by atomic mass is 16.5. The van der Waals surface area contributed by atoms with Gasteiger partial charge >= 0.3 is 5.97 Å². The minimum absolute atomic E-state index is 0.139. The number of carbonyl (C=O) groups is 2. The van der Waals surface area contributed by atoms with Gasteiger partial charge in [0.15, 0.2) is 6.61 Å². The molecule has 1 amide bonds. The Bertz CT molecular complexity index is 1080. The molecule has 0 radical (unpaired) electrons. The Morgan fingerprint density at radius 2 is 1.77 bits per heavy atom. The number of para-hydroxylation sites is 1. The quantitative estimate of drug-likeness (QED) is 0.546. The molecule has 0 saturated carbocycles. The van der Waals surface area contributed by atoms with Crippen LogP contribution in [0.5, 0.6) is 0 Å². The zero-order valence-electron chi connectivity index (χ0n) is 18.4. The summed E-state index contributed by atoms with van der Waals surface area (Å²) in [6, 6.07) is 15.5. The Morgan fingerprint density at radius 1 is 1.06 bits per heavy atom. The summed E-state index contributed by atoms with van der Waals surface area (Å²) in [4.78, 5) is 29.9. The lowest BCUT2D eigenvalue weighted by Gasteiger charge is -2.18. The van der Waals surface area contributed by atoms with Crippen molar-refractivity contribution in [2.24, 2.45) is 0 Å². The van der Waals surface area contributed by atoms with Crippen LogP contribution in [0.15, 0.2) is 48.5 Å². The second-order valence-electron chi connectivity index (χ2n) is 7.52. The number of fused-ring (bicyclic) bond motifs is 1. The summed E-state index contributed by atoms with van der Waals surface area (Å²) in [7, 11) is 1.55. The summed E-state index contributed by atoms with van der Waals surface area (Å²) >= 11 is 0. The molecule has 3 aromatic rings. The number of benzene rings is 2. The first-order valence-electron chi connectivity index (χ1n) is 10.3. The van der Waals surface area contributed by atoms with Crippen molar-refractivity contribution in [3.63, 3.8) is 0 Å². The van der Waals surface area contributed by atoms with Crippen LogP contribution >= 0.6 is 0 Å². The van der Waals surface area contributed by atoms with Crippen LogP contribution in [0.4, 0.5) is 0 Å². The van der Waals surface area contributed by atoms with E-state index in [9.17, 15) is 9.59 Å². The fourth-order valence-corrected chi connectivity index (χ4v) is 3.61. The van der Waals surface area contributed by atoms with E-state index in [1.54, 1.807) is 7.11 Å². The summed E-state index contributed by atoms with van der Waals surface area (Å²) in [5.74, 6) is -0.929. The third kappa shape index (κ3) is 5.27. The first kappa shape index (κ1) is 22.4. The second kappa shape index (κ2) is 10.2. The lowest BCUT2D eigenvalue weighted by Crippen LogP contribution is -2.32. The van der Waals surface area contributed by atoms with E-state index in [1.165, 1.54) is 0 Å². The normalized spacial score (nSPS) is 11.9. The molecular weight excluding hydrogens is 392 g/mol. The van der Waals surface area contributed by atoms with Gasteiger partial charge in [0.1, 0.15) is 0 Å². The summed E-state index contributed by atoms with van der Waals surface area (Å²) in [6.07, 6.45) is 0.731. The molecule has 0 fully saturated rings. The van der Waals surface area contributed by atoms with E-state index in [4.69, 9.17) is 9.47 Å². The number of nitrogens with one attached hydrogen (secondary N) is 1. The third-order valence-corrected chi connectivity index (χ3v) is 5.27. The Labute approximate surface area is 182 Å². The molecule has 31 heavy (non-hydrogen) atoms. The smallest absolute Gasteiger partial charge is 0.340 e. The fourth-order valence-electron chi connectivity index (χ4n) is 3.61. The lowest BCUT2D eigenvalue weighted by atomic mass is 10.0. The van der Waals surface area contributed by atoms with Gasteiger partial charge in [-0.15, -0.1) is 0 Å². The molecule has 6 heteroatoms. The SMILES string of the molecule is CC[C@@H](NC(=O)COC(=O)c1c(COC)nc2ccccc2c1C)c1ccc(C)cc1. The van der Waals surface area contributed by atoms with Crippen LogP contribution in [0.1, 0.15) is 52.1 Å². The number of ether oxygens (including phenoxy) is 2. The molecular formula is C25H28N2O4. The second-order valence-corrected chi connectivity index (χ2v) is 7.52. The van der Waals surface area contributed by atoms with Gasteiger partial charge in [-0.05, 0) is 37.5 Å². The predicted molar refractivity (Wildman–Crippen MR) is 120 cm³/mol. The summed E-state index contributed by atoms with van der Waals surface area (Å²) in [5.41, 5.74) is 4.56. The summed E-state index contributed by atoms with van der Waals surface area (Å²) in [5, 5.41) is 3.80. The average Bonchev–Trinajstić information content (AvgIpc) is 2.77. The lowest BCUT2D eigenvalue weighted by molar-refractivity contribution is -0.125. The first-order chi connectivity index (χ1) is 14.9. The Morgan fingerprint density at radius 3 is 2.45 bits per heavy atom. The van der Waals surface area contributed by atoms with Gasteiger partial charge < -0.3 is 14.8 Å². The minimum atomic E-state index is -0.582. The Balaban J connectivity index is 1.73. The first-order valence-corrected chi connectivity index (χ1v) is 10.3. The molecule has 0 unspecified atom stereocenters. The molecule has 0 aliphatic heterocycles. The molecule has 2 aromatic carbocycles. The number of hydrogen-bond acceptors (Lipinski definition) is 5. The van der Waals surface area contributed by atoms with E-state index in [2.05, 4.69) is 10.3 Å². The van der Waals surface area contributed by atoms with Crippen LogP contribution in [0.3, 0.4) is 0 Å². The van der Waals surface area contributed by atoms with Gasteiger partial charge in [0.25, 0.3) is 5.91 Å². The molecule has 3 rings (SSSR count). The van der Waals surface area contributed by atoms with Crippen molar-refractivity contribution in [2.75, 3.05) is 13.7 Å². The molecule has 1 heterocycles. The maximum absolute atomic E-state index is 12.9. The molecule has 0 spiro atoms. The molecule has 0 aliphatic rings. The number of amides is 1. The fraction of sp³-hybridized carbons (Fsp3) is 0.320. The molecule has 1 N–H and O–H groups in total. The number of carbonyl (C=O) groups excluding carboxylic acids is 2. The van der Waals surface area contributed by atoms with E-state index in [-0.39, 0.29) is 25.2 Å². The van der Waals surface area contributed by atoms with E-state index < -0.39 is 5.97 Å². The standard InChI is InChI=1S/C25H28N2O4/c1-5-20(18-12-10-16(2)11-13-18)27-23(28)15-31-25(29)24-17(3)19-8-6-7-9-21(19)26-22(24)14-30-4/h6-13,20H,5,14-15H2,1-4H3,(H,27,28)/t20-/m1/s1. The molecule has 0 saturated heterocycles. The molecule has 6 nitrogen and oxygen atoms in total. The van der Waals surface area contributed by atoms with Gasteiger partial charge in [0.05, 0.1) is 29.4 Å². The van der Waals surface area contributed by atoms with Crippen molar-refractivity contribution >= 4 is 22.8 Å². The highest BCUT2D eigenvalue weighted by Gasteiger charge is 2.21. The van der Waals surface area contributed by atoms with Crippen molar-refractivity contribution < 1.29 is 19.1 Å². The summed E-state index contributed by atoms with van der Waals surface area (Å²) < 4.78 is 10.6. The number of esters is 1. The predicted octanol–water partition coefficient (Wildman–Crippen LogP) is 4.42. The Hall–Kier alpha value is -3.25. The number of methoxy groups -OCH3 is 1. The van der Waals surface area contributed by atoms with Crippen LogP contribution in [-0.4, -0.2) is 30.6 Å². The van der Waals surface area contributed by atoms with Crippen molar-refractivity contribution in [3.8, 4) is 0 Å². The maximum atomic E-state index is 12.9. The molecule has 1 atom stereocenters. The van der Waals surface area contributed by atoms with E-state index in [1.807, 2.05) is 69.3 Å². The van der Waals surface area contributed by atoms with Gasteiger partial charge in [0, 0.05) is 12.5 Å². The van der Waals surface area contributed by atoms with Crippen LogP contribution in [0.25, 0.3) is 10.9 Å². The topological polar surface area (TPSA) is 77.5 Å². The van der Waals surface area contributed by atoms with E-state index in [0.29, 0.717) is 11.3 Å². The number of rotatable bonds is 8. The average molecular weight is 421 g/mol. The van der Waals surface area contributed by atoms with Crippen molar-refractivity contribution in [2.45, 2.75) is 39.8 Å². The number of aryl methyl sites for hydroxylation is 2. The van der Waals surface area contributed by atoms with Gasteiger partial charge in [-0.3, -0.25) is 4.79 Å². The highest BCUT2D eigenvalue weighted by Crippen LogP contribution is 2.24. The van der Waals surface area contributed by atoms with Gasteiger partial charge in [-0.1, -0.05) is 55.0 Å². The van der Waals surface area contributed by atoms with Crippen molar-refractivity contribution in [3.05, 3.63) is 76.5 Å². The van der Waals surface area contributed by atoms with Crippen LogP contribution in [0.2, 0.25) is 0 Å². The van der Waals surface area contributed by atoms with Gasteiger partial charge in [-0.2, -0.15) is 0 Å². The minimum Gasteiger partial charge on any atom is -0.452 e. The molecule has 0 bridgehead atoms. The molecule has 1 aromatic heterocycles. The zero-order valence-corrected chi connectivity index (χ0v) is 18.4. The molecule has 0 aliphatic carbocycles. The van der Waals surface area contributed by atoms with Crippen molar-refractivity contribution in [1.29, 1.82) is 0 Å². The number of pyridine rings is 1. The van der Waals surface area contributed by atoms with E-state index >= 15 is 0 Å². The van der Waals surface area contributed by atoms with Crippen LogP contribution in [-0.2, 0) is 20.9 Å². The van der Waals surface area contributed by atoms with Crippen LogP contribution in [0, 0.1) is 13.8 Å². The largest absolute Gasteiger partial charge is 0.452 e. The van der Waals surface area contributed by atoms with Crippen LogP contribution < -0.4 is 5.32 Å². The van der Waals surface area contributed by atoms with E-state index in [0.717, 1.165) is 34.0 Å². The van der Waals surface area contributed by atoms with Gasteiger partial charge in [0.2, 0.25) is 0 Å². The highest BCUT2D eigenvalue weighted by molar-refractivity contribution is 5.99. The maximum Gasteiger partial charge on any atom is 0.340 e. The number of aromatic nitrogens is 1. The number of nitrogens with zero attached hydrogens (tertiary/aromatic N) is 1. The van der Waals surface area contributed by atoms with Crippen molar-refractivity contribution in [1.82, 2.24) is 10.3 Å². The van der Waals surface area contributed by atoms with Gasteiger partial charge in [-0.25, -0.2) is 9.78 Å². The number of hydrogen-bond donors (Lipinski definition) is 1. The monoisotopic (exact) mass is 420 g/mol. The summed E-state index contributed by atoms with van der Waals surface area (Å²) in [6.45, 7) is 5.68. The third-order valence-electron chi connectivity index (χ3n) is 5.27. The molecule has 162 valence electrons.